The number of aryl methyl sites for hydroxylation is 1. The van der Waals surface area contributed by atoms with Crippen LogP contribution in [0.4, 0.5) is 5.82 Å². The lowest BCUT2D eigenvalue weighted by Gasteiger charge is -2.18. The fourth-order valence-electron chi connectivity index (χ4n) is 2.19. The number of carboxylic acid groups (broad SMARTS) is 1. The van der Waals surface area contributed by atoms with Crippen molar-refractivity contribution in [3.05, 3.63) is 17.8 Å². The van der Waals surface area contributed by atoms with Gasteiger partial charge in [0, 0.05) is 18.7 Å². The van der Waals surface area contributed by atoms with Crippen LogP contribution in [0.15, 0.2) is 12.1 Å². The van der Waals surface area contributed by atoms with Gasteiger partial charge in [-0.15, -0.1) is 0 Å². The van der Waals surface area contributed by atoms with Crippen LogP contribution in [-0.4, -0.2) is 41.7 Å². The number of anilines is 1. The molecule has 0 fully saturated rings. The molecule has 3 N–H and O–H groups in total. The summed E-state index contributed by atoms with van der Waals surface area (Å²) < 4.78 is 5.47. The van der Waals surface area contributed by atoms with Gasteiger partial charge < -0.3 is 20.5 Å². The number of amides is 1. The fourth-order valence-corrected chi connectivity index (χ4v) is 2.19. The van der Waals surface area contributed by atoms with Crippen LogP contribution in [0, 0.1) is 0 Å². The number of unbranched alkanes of at least 4 members (excludes halogenated alkanes) is 1. The molecule has 0 aliphatic carbocycles. The van der Waals surface area contributed by atoms with Gasteiger partial charge in [-0.3, -0.25) is 9.59 Å². The summed E-state index contributed by atoms with van der Waals surface area (Å²) in [6.45, 7) is 1.61. The Kier molecular flexibility index (Phi) is 6.00. The number of aliphatic carboxylic acids is 1. The van der Waals surface area contributed by atoms with Crippen LogP contribution in [0.5, 0.6) is 5.75 Å². The van der Waals surface area contributed by atoms with E-state index in [2.05, 4.69) is 15.6 Å². The standard InChI is InChI=1S/C15H21N3O4/c19-13(16-8-7-14(20)21)4-2-1-3-11-5-6-12-15(18-11)17-9-10-22-12/h5-6H,1-4,7-10H2,(H,16,19)(H,17,18)(H,20,21). The number of carbonyl (C=O) groups is 2. The summed E-state index contributed by atoms with van der Waals surface area (Å²) in [5, 5.41) is 14.3. The Morgan fingerprint density at radius 1 is 1.32 bits per heavy atom. The molecule has 0 saturated heterocycles. The van der Waals surface area contributed by atoms with E-state index in [9.17, 15) is 9.59 Å². The third-order valence-electron chi connectivity index (χ3n) is 3.32. The Hall–Kier alpha value is -2.31. The molecule has 7 heteroatoms. The Balaban J connectivity index is 1.64. The van der Waals surface area contributed by atoms with Gasteiger partial charge in [-0.1, -0.05) is 0 Å². The van der Waals surface area contributed by atoms with Crippen molar-refractivity contribution >= 4 is 17.7 Å². The summed E-state index contributed by atoms with van der Waals surface area (Å²) in [5.41, 5.74) is 0.975. The van der Waals surface area contributed by atoms with Gasteiger partial charge in [-0.2, -0.15) is 0 Å². The van der Waals surface area contributed by atoms with Crippen LogP contribution >= 0.6 is 0 Å². The van der Waals surface area contributed by atoms with Gasteiger partial charge in [-0.05, 0) is 31.4 Å². The minimum absolute atomic E-state index is 0.0418. The molecule has 0 bridgehead atoms. The summed E-state index contributed by atoms with van der Waals surface area (Å²) >= 11 is 0. The maximum absolute atomic E-state index is 11.5. The van der Waals surface area contributed by atoms with E-state index in [0.717, 1.165) is 43.1 Å². The number of carbonyl (C=O) groups excluding carboxylic acids is 1. The minimum Gasteiger partial charge on any atom is -0.488 e. The number of pyridine rings is 1. The number of fused-ring (bicyclic) bond motifs is 1. The van der Waals surface area contributed by atoms with Crippen LogP contribution in [0.1, 0.15) is 31.4 Å². The summed E-state index contributed by atoms with van der Waals surface area (Å²) in [5.74, 6) is 0.564. The summed E-state index contributed by atoms with van der Waals surface area (Å²) in [7, 11) is 0. The predicted octanol–water partition coefficient (Wildman–Crippen LogP) is 1.19. The third-order valence-corrected chi connectivity index (χ3v) is 3.32. The normalized spacial score (nSPS) is 12.7. The second kappa shape index (κ2) is 8.21. The molecule has 1 aliphatic rings. The topological polar surface area (TPSA) is 101 Å². The second-order valence-electron chi connectivity index (χ2n) is 5.13. The molecule has 0 saturated carbocycles. The van der Waals surface area contributed by atoms with Crippen LogP contribution in [0.25, 0.3) is 0 Å². The molecule has 0 aromatic carbocycles. The van der Waals surface area contributed by atoms with E-state index >= 15 is 0 Å². The first-order chi connectivity index (χ1) is 10.6. The summed E-state index contributed by atoms with van der Waals surface area (Å²) in [6.07, 6.45) is 2.78. The van der Waals surface area contributed by atoms with Gasteiger partial charge in [0.05, 0.1) is 13.0 Å². The van der Waals surface area contributed by atoms with Crippen LogP contribution in [-0.2, 0) is 16.0 Å². The number of aromatic nitrogens is 1. The molecule has 1 aromatic heterocycles. The average Bonchev–Trinajstić information content (AvgIpc) is 2.51. The van der Waals surface area contributed by atoms with Gasteiger partial charge in [0.25, 0.3) is 0 Å². The van der Waals surface area contributed by atoms with Crippen molar-refractivity contribution in [1.29, 1.82) is 0 Å². The molecule has 2 heterocycles. The number of rotatable bonds is 8. The number of hydrogen-bond donors (Lipinski definition) is 3. The van der Waals surface area contributed by atoms with Crippen LogP contribution < -0.4 is 15.4 Å². The van der Waals surface area contributed by atoms with E-state index in [1.54, 1.807) is 0 Å². The molecule has 22 heavy (non-hydrogen) atoms. The maximum Gasteiger partial charge on any atom is 0.305 e. The van der Waals surface area contributed by atoms with Crippen molar-refractivity contribution < 1.29 is 19.4 Å². The van der Waals surface area contributed by atoms with E-state index in [1.165, 1.54) is 0 Å². The van der Waals surface area contributed by atoms with E-state index in [4.69, 9.17) is 9.84 Å². The van der Waals surface area contributed by atoms with Crippen molar-refractivity contribution in [3.63, 3.8) is 0 Å². The average molecular weight is 307 g/mol. The zero-order valence-electron chi connectivity index (χ0n) is 12.4. The molecular formula is C15H21N3O4. The van der Waals surface area contributed by atoms with E-state index in [0.29, 0.717) is 13.0 Å². The molecule has 0 spiro atoms. The van der Waals surface area contributed by atoms with Crippen molar-refractivity contribution in [2.45, 2.75) is 32.1 Å². The molecule has 7 nitrogen and oxygen atoms in total. The predicted molar refractivity (Wildman–Crippen MR) is 81.0 cm³/mol. The molecule has 1 aliphatic heterocycles. The first-order valence-corrected chi connectivity index (χ1v) is 7.50. The smallest absolute Gasteiger partial charge is 0.305 e. The molecule has 1 amide bonds. The molecule has 0 radical (unpaired) electrons. The number of nitrogens with one attached hydrogen (secondary N) is 2. The Morgan fingerprint density at radius 2 is 2.18 bits per heavy atom. The molecule has 2 rings (SSSR count). The minimum atomic E-state index is -0.906. The Labute approximate surface area is 129 Å². The van der Waals surface area contributed by atoms with Crippen molar-refractivity contribution in [2.24, 2.45) is 0 Å². The maximum atomic E-state index is 11.5. The van der Waals surface area contributed by atoms with Crippen molar-refractivity contribution in [2.75, 3.05) is 25.0 Å². The molecular weight excluding hydrogens is 286 g/mol. The largest absolute Gasteiger partial charge is 0.488 e. The highest BCUT2D eigenvalue weighted by molar-refractivity contribution is 5.76. The number of carboxylic acids is 1. The molecule has 0 unspecified atom stereocenters. The first kappa shape index (κ1) is 16.1. The quantitative estimate of drug-likeness (QED) is 0.624. The van der Waals surface area contributed by atoms with E-state index < -0.39 is 5.97 Å². The fraction of sp³-hybridized carbons (Fsp3) is 0.533. The SMILES string of the molecule is O=C(O)CCNC(=O)CCCCc1ccc2c(n1)NCCO2. The highest BCUT2D eigenvalue weighted by Gasteiger charge is 2.11. The van der Waals surface area contributed by atoms with Gasteiger partial charge in [0.15, 0.2) is 11.6 Å². The van der Waals surface area contributed by atoms with Gasteiger partial charge in [-0.25, -0.2) is 4.98 Å². The summed E-state index contributed by atoms with van der Waals surface area (Å²) in [6, 6.07) is 3.86. The number of hydrogen-bond acceptors (Lipinski definition) is 5. The lowest BCUT2D eigenvalue weighted by molar-refractivity contribution is -0.136. The van der Waals surface area contributed by atoms with Crippen molar-refractivity contribution in [1.82, 2.24) is 10.3 Å². The van der Waals surface area contributed by atoms with E-state index in [1.807, 2.05) is 12.1 Å². The Morgan fingerprint density at radius 3 is 3.00 bits per heavy atom. The first-order valence-electron chi connectivity index (χ1n) is 7.50. The van der Waals surface area contributed by atoms with Crippen LogP contribution in [0.3, 0.4) is 0 Å². The molecule has 1 aromatic rings. The lowest BCUT2D eigenvalue weighted by Crippen LogP contribution is -2.25. The van der Waals surface area contributed by atoms with Gasteiger partial charge >= 0.3 is 5.97 Å². The third kappa shape index (κ3) is 5.23. The second-order valence-corrected chi connectivity index (χ2v) is 5.13. The number of nitrogens with zero attached hydrogens (tertiary/aromatic N) is 1. The zero-order chi connectivity index (χ0) is 15.8. The highest BCUT2D eigenvalue weighted by Crippen LogP contribution is 2.25. The highest BCUT2D eigenvalue weighted by atomic mass is 16.5. The van der Waals surface area contributed by atoms with Gasteiger partial charge in [0.2, 0.25) is 5.91 Å². The Bertz CT molecular complexity index is 534. The monoisotopic (exact) mass is 307 g/mol. The number of ether oxygens (including phenoxy) is 1. The van der Waals surface area contributed by atoms with Crippen molar-refractivity contribution in [3.8, 4) is 5.75 Å². The zero-order valence-corrected chi connectivity index (χ0v) is 12.4. The summed E-state index contributed by atoms with van der Waals surface area (Å²) in [4.78, 5) is 26.3. The molecule has 120 valence electrons. The van der Waals surface area contributed by atoms with Gasteiger partial charge in [0.1, 0.15) is 6.61 Å². The molecule has 0 atom stereocenters. The van der Waals surface area contributed by atoms with Crippen LogP contribution in [0.2, 0.25) is 0 Å². The lowest BCUT2D eigenvalue weighted by atomic mass is 10.1. The van der Waals surface area contributed by atoms with E-state index in [-0.39, 0.29) is 18.9 Å².